The zero-order valence-electron chi connectivity index (χ0n) is 74.6. The van der Waals surface area contributed by atoms with E-state index in [2.05, 4.69) is 62.2 Å². The highest BCUT2D eigenvalue weighted by Crippen LogP contribution is 2.42. The number of aryl methyl sites for hydroxylation is 5. The number of nitriles is 3. The minimum absolute atomic E-state index is 0.0120. The lowest BCUT2D eigenvalue weighted by molar-refractivity contribution is -0.155. The van der Waals surface area contributed by atoms with Crippen molar-refractivity contribution in [3.8, 4) is 52.7 Å². The van der Waals surface area contributed by atoms with Crippen LogP contribution in [0.25, 0.3) is 60.5 Å². The van der Waals surface area contributed by atoms with E-state index in [0.717, 1.165) is 184 Å². The van der Waals surface area contributed by atoms with Gasteiger partial charge < -0.3 is 42.6 Å². The Labute approximate surface area is 787 Å². The molecule has 0 spiro atoms. The molecule has 0 aliphatic carbocycles. The average Bonchev–Trinajstić information content (AvgIpc) is 1.67. The maximum atomic E-state index is 12.8. The molecule has 0 fully saturated rings. The Kier molecular flexibility index (Phi) is 37.5. The summed E-state index contributed by atoms with van der Waals surface area (Å²) in [7, 11) is 9.87. The normalized spacial score (nSPS) is 11.3. The third-order valence-electron chi connectivity index (χ3n) is 19.7. The van der Waals surface area contributed by atoms with E-state index in [-0.39, 0.29) is 130 Å². The van der Waals surface area contributed by atoms with Crippen molar-refractivity contribution in [1.29, 1.82) is 15.8 Å². The van der Waals surface area contributed by atoms with Crippen LogP contribution in [0.4, 0.5) is 0 Å². The van der Waals surface area contributed by atoms with Gasteiger partial charge >= 0.3 is 17.9 Å². The van der Waals surface area contributed by atoms with Crippen LogP contribution in [0, 0.1) is 34.0 Å². The molecule has 0 radical (unpaired) electrons. The summed E-state index contributed by atoms with van der Waals surface area (Å²) in [5, 5.41) is 33.0. The van der Waals surface area contributed by atoms with Crippen LogP contribution in [0.3, 0.4) is 0 Å². The number of hydrogen-bond donors (Lipinski definition) is 0. The Balaban J connectivity index is 0.000000202. The number of ketones is 6. The summed E-state index contributed by atoms with van der Waals surface area (Å²) in [4.78, 5) is 115. The largest absolute Gasteiger partial charge is 0.496 e. The van der Waals surface area contributed by atoms with Crippen molar-refractivity contribution in [3.05, 3.63) is 171 Å². The van der Waals surface area contributed by atoms with Gasteiger partial charge in [0.15, 0.2) is 34.7 Å². The maximum Gasteiger partial charge on any atom is 0.306 e. The number of fused-ring (bicyclic) bond motifs is 6. The second-order valence-corrected chi connectivity index (χ2v) is 41.1. The highest BCUT2D eigenvalue weighted by molar-refractivity contribution is 9.10. The van der Waals surface area contributed by atoms with Crippen LogP contribution in [-0.2, 0) is 60.7 Å². The highest BCUT2D eigenvalue weighted by atomic mass is 79.9. The summed E-state index contributed by atoms with van der Waals surface area (Å²) in [6.07, 6.45) is 8.71. The van der Waals surface area contributed by atoms with Gasteiger partial charge in [-0.1, -0.05) is 15.9 Å². The first-order valence-electron chi connectivity index (χ1n) is 41.7. The van der Waals surface area contributed by atoms with Crippen molar-refractivity contribution < 1.29 is 85.8 Å². The van der Waals surface area contributed by atoms with E-state index in [1.54, 1.807) is 42.7 Å². The van der Waals surface area contributed by atoms with Crippen LogP contribution < -0.4 is 28.4 Å². The smallest absolute Gasteiger partial charge is 0.306 e. The number of Topliss-reactive ketones (excluding diaryl/α,β-unsaturated/α-hetero) is 6. The third kappa shape index (κ3) is 29.4. The van der Waals surface area contributed by atoms with Crippen LogP contribution in [-0.4, -0.2) is 117 Å². The van der Waals surface area contributed by atoms with Gasteiger partial charge in [-0.3, -0.25) is 43.2 Å². The van der Waals surface area contributed by atoms with E-state index in [9.17, 15) is 43.2 Å². The highest BCUT2D eigenvalue weighted by Gasteiger charge is 2.26. The quantitative estimate of drug-likeness (QED) is 0.0150. The number of hydrogen-bond acceptors (Lipinski definition) is 27. The van der Waals surface area contributed by atoms with Crippen molar-refractivity contribution in [1.82, 2.24) is 0 Å². The van der Waals surface area contributed by atoms with Gasteiger partial charge in [0.05, 0.1) is 114 Å². The standard InChI is InChI=1S/2C33H35NO6S2.C20H25BrO4S.C13H10BrNO2S/c2*1-33(2,3)40-32(37)12-11-25(36)31-17-23-15-21(27(39-5)19-29(23)42-31)9-6-8-20-14-22-16-30(24(35)10-7-13-34)41-28(22)18-26(20)38-4;1-20(2,3)25-19(23)8-7-15(22)18-11-14-10-13(6-5-9-21)16(24-4)12-17(14)26-18;1-17-11-7-12-8(5-9(11)14)6-13(18-12)10(16)3-2-4-15/h2*14-19H,6-12H2,1-5H3;10-12H,5-9H2,1-4H3;5-7H,2-3H2,1H3. The molecule has 0 aliphatic heterocycles. The number of rotatable bonds is 38. The number of halogens is 2. The molecule has 29 heteroatoms. The molecule has 6 heterocycles. The minimum Gasteiger partial charge on any atom is -0.496 e. The Morgan fingerprint density at radius 3 is 0.695 bits per heavy atom. The summed E-state index contributed by atoms with van der Waals surface area (Å²) >= 11 is 15.4. The predicted molar refractivity (Wildman–Crippen MR) is 520 cm³/mol. The zero-order chi connectivity index (χ0) is 93.3. The topological polar surface area (TPSA) is 308 Å². The predicted octanol–water partition coefficient (Wildman–Crippen LogP) is 25.9. The maximum absolute atomic E-state index is 12.8. The fourth-order valence-electron chi connectivity index (χ4n) is 13.8. The number of benzene rings is 6. The Hall–Kier alpha value is -10.3. The molecule has 0 aliphatic rings. The first-order valence-corrected chi connectivity index (χ1v) is 48.5. The second kappa shape index (κ2) is 47.3. The van der Waals surface area contributed by atoms with E-state index >= 15 is 0 Å². The molecule has 6 aromatic heterocycles. The van der Waals surface area contributed by atoms with E-state index in [1.807, 2.05) is 159 Å². The van der Waals surface area contributed by atoms with Gasteiger partial charge in [-0.25, -0.2) is 0 Å². The number of carbonyl (C=O) groups is 9. The van der Waals surface area contributed by atoms with E-state index in [4.69, 9.17) is 58.4 Å². The molecule has 0 saturated heterocycles. The summed E-state index contributed by atoms with van der Waals surface area (Å²) in [5.74, 6) is 3.46. The molecule has 0 bridgehead atoms. The van der Waals surface area contributed by atoms with Crippen LogP contribution in [0.5, 0.6) is 34.5 Å². The van der Waals surface area contributed by atoms with Crippen LogP contribution in [0.1, 0.15) is 244 Å². The first-order chi connectivity index (χ1) is 60.9. The average molecular weight is 1980 g/mol. The second-order valence-electron chi connectivity index (χ2n) is 33.0. The number of methoxy groups -OCH3 is 6. The Bertz CT molecular complexity index is 5950. The van der Waals surface area contributed by atoms with Crippen molar-refractivity contribution >= 4 is 213 Å². The summed E-state index contributed by atoms with van der Waals surface area (Å²) < 4.78 is 56.1. The van der Waals surface area contributed by atoms with Crippen molar-refractivity contribution in [2.75, 3.05) is 48.0 Å². The molecule has 674 valence electrons. The first kappa shape index (κ1) is 101. The van der Waals surface area contributed by atoms with Crippen LogP contribution >= 0.6 is 99.9 Å². The van der Waals surface area contributed by atoms with Gasteiger partial charge in [-0.05, 0) is 299 Å². The molecule has 0 atom stereocenters. The molecule has 0 saturated carbocycles. The van der Waals surface area contributed by atoms with E-state index in [1.165, 1.54) is 68.0 Å². The number of esters is 3. The third-order valence-corrected chi connectivity index (χ3v) is 27.7. The van der Waals surface area contributed by atoms with Crippen molar-refractivity contribution in [2.45, 2.75) is 208 Å². The number of carbonyl (C=O) groups excluding carboxylic acids is 9. The van der Waals surface area contributed by atoms with Crippen molar-refractivity contribution in [2.24, 2.45) is 0 Å². The Morgan fingerprint density at radius 1 is 0.289 bits per heavy atom. The van der Waals surface area contributed by atoms with E-state index < -0.39 is 16.8 Å². The summed E-state index contributed by atoms with van der Waals surface area (Å²) in [5.41, 5.74) is 3.70. The number of thiophene rings is 6. The number of nitrogens with zero attached hydrogens (tertiary/aromatic N) is 3. The molecule has 12 rings (SSSR count). The minimum atomic E-state index is -0.574. The van der Waals surface area contributed by atoms with Gasteiger partial charge in [0, 0.05) is 91.3 Å². The van der Waals surface area contributed by atoms with E-state index in [0.29, 0.717) is 29.3 Å². The molecule has 21 nitrogen and oxygen atoms in total. The molecule has 0 amide bonds. The molecular formula is C99H105Br2N3O18S6. The SMILES string of the molecule is COc1cc2sc(C(=O)CCC#N)cc2cc1Br.COc1cc2sc(C(=O)CCC#N)cc2cc1CCCc1cc2cc(C(=O)CCC(=O)OC(C)(C)C)sc2cc1OC.COc1cc2sc(C(=O)CCC#N)cc2cc1CCCc1cc2cc(C(=O)CCC(=O)OC(C)(C)C)sc2cc1OC.COc1cc2sc(C(=O)CCC(=O)OC(C)(C)C)cc2cc1CCCBr. The van der Waals surface area contributed by atoms with Crippen LogP contribution in [0.15, 0.2) is 114 Å². The van der Waals surface area contributed by atoms with Crippen LogP contribution in [0.2, 0.25) is 0 Å². The molecule has 0 N–H and O–H groups in total. The van der Waals surface area contributed by atoms with Gasteiger partial charge in [-0.2, -0.15) is 15.8 Å². The summed E-state index contributed by atoms with van der Waals surface area (Å²) in [6, 6.07) is 41.6. The lowest BCUT2D eigenvalue weighted by Crippen LogP contribution is -2.24. The molecular weight excluding hydrogens is 1870 g/mol. The van der Waals surface area contributed by atoms with Crippen molar-refractivity contribution in [3.63, 3.8) is 0 Å². The monoisotopic (exact) mass is 1970 g/mol. The number of alkyl halides is 1. The van der Waals surface area contributed by atoms with Gasteiger partial charge in [0.25, 0.3) is 0 Å². The Morgan fingerprint density at radius 2 is 0.492 bits per heavy atom. The lowest BCUT2D eigenvalue weighted by Gasteiger charge is -2.19. The van der Waals surface area contributed by atoms with Gasteiger partial charge in [0.1, 0.15) is 51.3 Å². The summed E-state index contributed by atoms with van der Waals surface area (Å²) in [6.45, 7) is 16.3. The van der Waals surface area contributed by atoms with Gasteiger partial charge in [0.2, 0.25) is 0 Å². The number of ether oxygens (including phenoxy) is 9. The molecule has 12 aromatic rings. The molecule has 6 aromatic carbocycles. The molecule has 128 heavy (non-hydrogen) atoms. The lowest BCUT2D eigenvalue weighted by atomic mass is 10.0. The zero-order valence-corrected chi connectivity index (χ0v) is 82.7. The fraction of sp³-hybridized carbons (Fsp3) is 0.394. The molecule has 0 unspecified atom stereocenters. The van der Waals surface area contributed by atoms with Gasteiger partial charge in [-0.15, -0.1) is 68.0 Å². The fourth-order valence-corrected chi connectivity index (χ4v) is 20.8.